The van der Waals surface area contributed by atoms with Crippen LogP contribution in [-0.2, 0) is 21.4 Å². The third kappa shape index (κ3) is 6.99. The molecule has 10 heteroatoms. The summed E-state index contributed by atoms with van der Waals surface area (Å²) in [4.78, 5) is 4.23. The molecule has 1 atom stereocenters. The second-order valence-corrected chi connectivity index (χ2v) is 10.0. The zero-order valence-electron chi connectivity index (χ0n) is 14.3. The van der Waals surface area contributed by atoms with Crippen molar-refractivity contribution in [3.63, 3.8) is 0 Å². The molecule has 2 rings (SSSR count). The fourth-order valence-corrected chi connectivity index (χ4v) is 5.78. The summed E-state index contributed by atoms with van der Waals surface area (Å²) < 4.78 is 28.7. The van der Waals surface area contributed by atoms with Crippen molar-refractivity contribution < 1.29 is 18.3 Å². The minimum atomic E-state index is -3.00. The third-order valence-corrected chi connectivity index (χ3v) is 7.20. The number of nitrogens with zero attached hydrogens (tertiary/aromatic N) is 2. The fourth-order valence-electron chi connectivity index (χ4n) is 1.82. The highest BCUT2D eigenvalue weighted by molar-refractivity contribution is 8.55. The summed E-state index contributed by atoms with van der Waals surface area (Å²) in [5, 5.41) is 7.45. The van der Waals surface area contributed by atoms with Gasteiger partial charge in [0.05, 0.1) is 12.4 Å². The summed E-state index contributed by atoms with van der Waals surface area (Å²) >= 11 is 6.95. The van der Waals surface area contributed by atoms with Crippen molar-refractivity contribution in [2.45, 2.75) is 39.2 Å². The van der Waals surface area contributed by atoms with E-state index in [1.165, 1.54) is 0 Å². The summed E-state index contributed by atoms with van der Waals surface area (Å²) in [5.74, 6) is 1.72. The number of ether oxygens (including phenoxy) is 1. The zero-order valence-corrected chi connectivity index (χ0v) is 16.7. The zero-order chi connectivity index (χ0) is 18.3. The Morgan fingerprint density at radius 2 is 2.08 bits per heavy atom. The molecule has 0 spiro atoms. The van der Waals surface area contributed by atoms with Crippen molar-refractivity contribution in [1.29, 1.82) is 0 Å². The van der Waals surface area contributed by atoms with Gasteiger partial charge in [-0.05, 0) is 56.4 Å². The van der Waals surface area contributed by atoms with Gasteiger partial charge in [-0.3, -0.25) is 4.57 Å². The smallest absolute Gasteiger partial charge is 0.327 e. The van der Waals surface area contributed by atoms with Crippen LogP contribution >= 0.6 is 29.7 Å². The molecule has 0 bridgehead atoms. The summed E-state index contributed by atoms with van der Waals surface area (Å²) in [6.07, 6.45) is 0. The molecule has 7 nitrogen and oxygen atoms in total. The summed E-state index contributed by atoms with van der Waals surface area (Å²) in [6.45, 7) is 3.14. The first-order valence-corrected chi connectivity index (χ1v) is 11.4. The van der Waals surface area contributed by atoms with Gasteiger partial charge in [-0.1, -0.05) is 16.8 Å². The predicted octanol–water partition coefficient (Wildman–Crippen LogP) is 4.68. The second-order valence-electron chi connectivity index (χ2n) is 5.32. The highest BCUT2D eigenvalue weighted by Gasteiger charge is 2.25. The van der Waals surface area contributed by atoms with Crippen LogP contribution in [0.5, 0.6) is 5.75 Å². The third-order valence-electron chi connectivity index (χ3n) is 2.77. The maximum Gasteiger partial charge on any atom is 0.327 e. The fraction of sp³-hybridized carbons (Fsp3) is 0.467. The maximum absolute atomic E-state index is 12.6. The number of nitrogens with one attached hydrogen (secondary N) is 1. The van der Waals surface area contributed by atoms with E-state index in [1.807, 2.05) is 13.8 Å². The lowest BCUT2D eigenvalue weighted by molar-refractivity contribution is 0.285. The van der Waals surface area contributed by atoms with Crippen LogP contribution in [-0.4, -0.2) is 22.8 Å². The van der Waals surface area contributed by atoms with Crippen molar-refractivity contribution in [2.75, 3.05) is 6.61 Å². The van der Waals surface area contributed by atoms with E-state index in [9.17, 15) is 4.57 Å². The Morgan fingerprint density at radius 3 is 2.72 bits per heavy atom. The number of rotatable bonds is 10. The Kier molecular flexibility index (Phi) is 7.78. The number of hydrogen-bond acceptors (Lipinski definition) is 7. The molecule has 0 saturated carbocycles. The van der Waals surface area contributed by atoms with E-state index < -0.39 is 6.72 Å². The molecule has 1 N–H and O–H groups in total. The average molecular weight is 406 g/mol. The second kappa shape index (κ2) is 9.59. The van der Waals surface area contributed by atoms with E-state index in [0.717, 1.165) is 11.4 Å². The molecule has 1 aromatic heterocycles. The molecular formula is C15H21ClN3O4PS. The number of benzene rings is 1. The molecule has 1 heterocycles. The highest BCUT2D eigenvalue weighted by atomic mass is 35.5. The van der Waals surface area contributed by atoms with Crippen molar-refractivity contribution >= 4 is 29.7 Å². The quantitative estimate of drug-likeness (QED) is 0.570. The largest absolute Gasteiger partial charge is 0.485 e. The Hall–Kier alpha value is -1.05. The minimum absolute atomic E-state index is 0.0379. The van der Waals surface area contributed by atoms with Crippen LogP contribution < -0.4 is 9.82 Å². The molecule has 0 saturated heterocycles. The standard InChI is InChI=1S/C15H21ClN3O4PS/c1-4-22-24(20,19-11(2)3)25-10-15-17-14(18-23-15)9-21-13-7-5-12(16)6-8-13/h5-8,11H,4,9-10H2,1-3H3,(H,19,20)/t24-/m0/s1. The first-order chi connectivity index (χ1) is 11.9. The number of hydrogen-bond donors (Lipinski definition) is 1. The molecular weight excluding hydrogens is 385 g/mol. The van der Waals surface area contributed by atoms with Crippen LogP contribution in [0.25, 0.3) is 0 Å². The first-order valence-electron chi connectivity index (χ1n) is 7.77. The van der Waals surface area contributed by atoms with Gasteiger partial charge in [0.1, 0.15) is 5.75 Å². The van der Waals surface area contributed by atoms with Gasteiger partial charge in [-0.15, -0.1) is 0 Å². The van der Waals surface area contributed by atoms with Crippen molar-refractivity contribution in [1.82, 2.24) is 15.2 Å². The van der Waals surface area contributed by atoms with Crippen molar-refractivity contribution in [3.05, 3.63) is 41.0 Å². The summed E-state index contributed by atoms with van der Waals surface area (Å²) in [7, 11) is 0. The number of halogens is 1. The van der Waals surface area contributed by atoms with Gasteiger partial charge in [-0.25, -0.2) is 5.09 Å². The Morgan fingerprint density at radius 1 is 1.36 bits per heavy atom. The molecule has 2 aromatic rings. The SMILES string of the molecule is CCO[P@@](=O)(NC(C)C)SCc1nc(COc2ccc(Cl)cc2)no1. The average Bonchev–Trinajstić information content (AvgIpc) is 3.00. The molecule has 0 aliphatic heterocycles. The molecule has 25 heavy (non-hydrogen) atoms. The van der Waals surface area contributed by atoms with E-state index in [4.69, 9.17) is 25.4 Å². The Labute approximate surface area is 156 Å². The van der Waals surface area contributed by atoms with Gasteiger partial charge < -0.3 is 13.8 Å². The molecule has 0 aliphatic rings. The van der Waals surface area contributed by atoms with E-state index in [0.29, 0.717) is 29.1 Å². The Balaban J connectivity index is 1.87. The normalized spacial score (nSPS) is 13.8. The molecule has 138 valence electrons. The van der Waals surface area contributed by atoms with E-state index in [1.54, 1.807) is 31.2 Å². The van der Waals surface area contributed by atoms with E-state index in [2.05, 4.69) is 15.2 Å². The van der Waals surface area contributed by atoms with Gasteiger partial charge in [-0.2, -0.15) is 4.98 Å². The number of aromatic nitrogens is 2. The molecule has 0 aliphatic carbocycles. The van der Waals surface area contributed by atoms with Gasteiger partial charge in [0.15, 0.2) is 6.61 Å². The van der Waals surface area contributed by atoms with Gasteiger partial charge in [0.25, 0.3) is 0 Å². The van der Waals surface area contributed by atoms with Gasteiger partial charge in [0, 0.05) is 11.1 Å². The maximum atomic E-state index is 12.6. The molecule has 0 amide bonds. The molecule has 0 fully saturated rings. The Bertz CT molecular complexity index is 711. The van der Waals surface area contributed by atoms with Crippen molar-refractivity contribution in [3.8, 4) is 5.75 Å². The minimum Gasteiger partial charge on any atom is -0.485 e. The summed E-state index contributed by atoms with van der Waals surface area (Å²) in [5.41, 5.74) is 0. The van der Waals surface area contributed by atoms with Crippen LogP contribution in [0.15, 0.2) is 28.8 Å². The molecule has 0 radical (unpaired) electrons. The van der Waals surface area contributed by atoms with Crippen LogP contribution in [0.4, 0.5) is 0 Å². The lowest BCUT2D eigenvalue weighted by atomic mass is 10.3. The van der Waals surface area contributed by atoms with E-state index in [-0.39, 0.29) is 18.4 Å². The van der Waals surface area contributed by atoms with Crippen LogP contribution in [0, 0.1) is 0 Å². The van der Waals surface area contributed by atoms with Crippen LogP contribution in [0.3, 0.4) is 0 Å². The molecule has 0 unspecified atom stereocenters. The van der Waals surface area contributed by atoms with E-state index >= 15 is 0 Å². The monoisotopic (exact) mass is 405 g/mol. The van der Waals surface area contributed by atoms with Gasteiger partial charge >= 0.3 is 6.72 Å². The lowest BCUT2D eigenvalue weighted by Crippen LogP contribution is -2.19. The van der Waals surface area contributed by atoms with Crippen LogP contribution in [0.2, 0.25) is 5.02 Å². The first kappa shape index (κ1) is 20.3. The van der Waals surface area contributed by atoms with Gasteiger partial charge in [0.2, 0.25) is 11.7 Å². The van der Waals surface area contributed by atoms with Crippen molar-refractivity contribution in [2.24, 2.45) is 0 Å². The molecule has 1 aromatic carbocycles. The highest BCUT2D eigenvalue weighted by Crippen LogP contribution is 2.57. The lowest BCUT2D eigenvalue weighted by Gasteiger charge is -2.19. The van der Waals surface area contributed by atoms with Crippen LogP contribution in [0.1, 0.15) is 32.5 Å². The summed E-state index contributed by atoms with van der Waals surface area (Å²) in [6, 6.07) is 7.03. The topological polar surface area (TPSA) is 86.5 Å². The predicted molar refractivity (Wildman–Crippen MR) is 98.9 cm³/mol.